The van der Waals surface area contributed by atoms with E-state index in [0.717, 1.165) is 5.56 Å². The topological polar surface area (TPSA) is 67.9 Å². The Hall–Kier alpha value is -3.02. The van der Waals surface area contributed by atoms with Gasteiger partial charge >= 0.3 is 0 Å². The summed E-state index contributed by atoms with van der Waals surface area (Å²) in [5.41, 5.74) is 1.64. The van der Waals surface area contributed by atoms with E-state index in [1.54, 1.807) is 37.3 Å². The summed E-state index contributed by atoms with van der Waals surface area (Å²) in [6.45, 7) is 0.942. The second-order valence-corrected chi connectivity index (χ2v) is 6.25. The van der Waals surface area contributed by atoms with Crippen molar-refractivity contribution in [1.29, 1.82) is 0 Å². The van der Waals surface area contributed by atoms with Gasteiger partial charge in [-0.25, -0.2) is 0 Å². The van der Waals surface area contributed by atoms with E-state index in [2.05, 4.69) is 5.32 Å². The fraction of sp³-hybridized carbons (Fsp3) is 0.300. The highest BCUT2D eigenvalue weighted by Gasteiger charge is 2.34. The molecular weight excluding hydrogens is 332 g/mol. The lowest BCUT2D eigenvalue weighted by molar-refractivity contribution is -0.128. The molecule has 1 aliphatic rings. The smallest absolute Gasteiger partial charge is 0.229 e. The normalized spacial score (nSPS) is 16.5. The van der Waals surface area contributed by atoms with Crippen LogP contribution >= 0.6 is 0 Å². The van der Waals surface area contributed by atoms with Gasteiger partial charge in [-0.05, 0) is 5.56 Å². The van der Waals surface area contributed by atoms with E-state index in [9.17, 15) is 9.59 Å². The van der Waals surface area contributed by atoms with Crippen LogP contribution in [0.15, 0.2) is 48.5 Å². The third-order valence-corrected chi connectivity index (χ3v) is 4.42. The molecular formula is C20H22N2O4. The SMILES string of the molecule is COc1cc(NC(=O)[C@H]2CC(=O)N(Cc3ccccc3)C2)cc(OC)c1. The molecule has 6 nitrogen and oxygen atoms in total. The van der Waals surface area contributed by atoms with Gasteiger partial charge in [-0.15, -0.1) is 0 Å². The predicted octanol–water partition coefficient (Wildman–Crippen LogP) is 2.69. The molecule has 26 heavy (non-hydrogen) atoms. The van der Waals surface area contributed by atoms with Crippen LogP contribution in [0.1, 0.15) is 12.0 Å². The zero-order chi connectivity index (χ0) is 18.5. The number of hydrogen-bond acceptors (Lipinski definition) is 4. The first kappa shape index (κ1) is 17.8. The van der Waals surface area contributed by atoms with E-state index in [1.165, 1.54) is 0 Å². The first-order valence-corrected chi connectivity index (χ1v) is 8.44. The molecule has 6 heteroatoms. The highest BCUT2D eigenvalue weighted by atomic mass is 16.5. The summed E-state index contributed by atoms with van der Waals surface area (Å²) in [7, 11) is 3.11. The Morgan fingerprint density at radius 2 is 1.77 bits per heavy atom. The maximum atomic E-state index is 12.6. The second-order valence-electron chi connectivity index (χ2n) is 6.25. The molecule has 2 amide bonds. The Bertz CT molecular complexity index is 769. The molecule has 1 saturated heterocycles. The number of rotatable bonds is 6. The summed E-state index contributed by atoms with van der Waals surface area (Å²) in [5, 5.41) is 2.86. The van der Waals surface area contributed by atoms with Crippen LogP contribution < -0.4 is 14.8 Å². The van der Waals surface area contributed by atoms with Crippen LogP contribution in [0, 0.1) is 5.92 Å². The summed E-state index contributed by atoms with van der Waals surface area (Å²) < 4.78 is 10.4. The van der Waals surface area contributed by atoms with Gasteiger partial charge in [-0.2, -0.15) is 0 Å². The summed E-state index contributed by atoms with van der Waals surface area (Å²) in [5.74, 6) is 0.630. The first-order chi connectivity index (χ1) is 12.6. The number of methoxy groups -OCH3 is 2. The molecule has 0 radical (unpaired) electrons. The van der Waals surface area contributed by atoms with Crippen LogP contribution in [0.2, 0.25) is 0 Å². The minimum absolute atomic E-state index is 0.00257. The molecule has 1 heterocycles. The fourth-order valence-electron chi connectivity index (χ4n) is 3.03. The van der Waals surface area contributed by atoms with E-state index in [4.69, 9.17) is 9.47 Å². The molecule has 1 N–H and O–H groups in total. The van der Waals surface area contributed by atoms with E-state index in [-0.39, 0.29) is 24.2 Å². The lowest BCUT2D eigenvalue weighted by Crippen LogP contribution is -2.28. The molecule has 1 fully saturated rings. The van der Waals surface area contributed by atoms with Crippen molar-refractivity contribution in [3.05, 3.63) is 54.1 Å². The predicted molar refractivity (Wildman–Crippen MR) is 98.1 cm³/mol. The van der Waals surface area contributed by atoms with Crippen LogP contribution in [0.4, 0.5) is 5.69 Å². The van der Waals surface area contributed by atoms with Gasteiger partial charge in [0.1, 0.15) is 11.5 Å². The molecule has 136 valence electrons. The summed E-state index contributed by atoms with van der Waals surface area (Å²) in [4.78, 5) is 26.6. The number of carbonyl (C=O) groups is 2. The number of benzene rings is 2. The number of likely N-dealkylation sites (tertiary alicyclic amines) is 1. The largest absolute Gasteiger partial charge is 0.497 e. The molecule has 0 bridgehead atoms. The lowest BCUT2D eigenvalue weighted by Gasteiger charge is -2.17. The Balaban J connectivity index is 1.65. The molecule has 0 aliphatic carbocycles. The molecule has 2 aromatic carbocycles. The molecule has 0 spiro atoms. The Labute approximate surface area is 152 Å². The maximum Gasteiger partial charge on any atom is 0.229 e. The van der Waals surface area contributed by atoms with Gasteiger partial charge in [0.2, 0.25) is 11.8 Å². The number of hydrogen-bond donors (Lipinski definition) is 1. The first-order valence-electron chi connectivity index (χ1n) is 8.44. The zero-order valence-electron chi connectivity index (χ0n) is 14.9. The Kier molecular flexibility index (Phi) is 5.41. The number of amides is 2. The molecule has 0 unspecified atom stereocenters. The minimum atomic E-state index is -0.372. The maximum absolute atomic E-state index is 12.6. The van der Waals surface area contributed by atoms with Crippen molar-refractivity contribution in [2.24, 2.45) is 5.92 Å². The number of anilines is 1. The highest BCUT2D eigenvalue weighted by molar-refractivity contribution is 5.97. The monoisotopic (exact) mass is 354 g/mol. The average molecular weight is 354 g/mol. The number of nitrogens with zero attached hydrogens (tertiary/aromatic N) is 1. The Morgan fingerprint density at radius 1 is 1.12 bits per heavy atom. The van der Waals surface area contributed by atoms with Gasteiger partial charge in [0.25, 0.3) is 0 Å². The average Bonchev–Trinajstić information content (AvgIpc) is 3.03. The van der Waals surface area contributed by atoms with E-state index in [0.29, 0.717) is 30.3 Å². The minimum Gasteiger partial charge on any atom is -0.497 e. The van der Waals surface area contributed by atoms with Crippen LogP contribution in [0.5, 0.6) is 11.5 Å². The van der Waals surface area contributed by atoms with Crippen molar-refractivity contribution >= 4 is 17.5 Å². The third-order valence-electron chi connectivity index (χ3n) is 4.42. The van der Waals surface area contributed by atoms with Gasteiger partial charge in [0.15, 0.2) is 0 Å². The summed E-state index contributed by atoms with van der Waals surface area (Å²) in [6, 6.07) is 14.9. The van der Waals surface area contributed by atoms with Crippen molar-refractivity contribution in [2.45, 2.75) is 13.0 Å². The van der Waals surface area contributed by atoms with Crippen LogP contribution in [0.3, 0.4) is 0 Å². The molecule has 0 aromatic heterocycles. The van der Waals surface area contributed by atoms with Crippen LogP contribution in [-0.2, 0) is 16.1 Å². The summed E-state index contributed by atoms with van der Waals surface area (Å²) in [6.07, 6.45) is 0.222. The van der Waals surface area contributed by atoms with E-state index < -0.39 is 0 Å². The Morgan fingerprint density at radius 3 is 2.38 bits per heavy atom. The quantitative estimate of drug-likeness (QED) is 0.866. The standard InChI is InChI=1S/C20H22N2O4/c1-25-17-9-16(10-18(11-17)26-2)21-20(24)15-8-19(23)22(13-15)12-14-6-4-3-5-7-14/h3-7,9-11,15H,8,12-13H2,1-2H3,(H,21,24)/t15-/m0/s1. The van der Waals surface area contributed by atoms with Gasteiger partial charge in [-0.3, -0.25) is 9.59 Å². The fourth-order valence-corrected chi connectivity index (χ4v) is 3.03. The highest BCUT2D eigenvalue weighted by Crippen LogP contribution is 2.27. The number of ether oxygens (including phenoxy) is 2. The van der Waals surface area contributed by atoms with Crippen molar-refractivity contribution in [1.82, 2.24) is 4.90 Å². The van der Waals surface area contributed by atoms with Crippen LogP contribution in [0.25, 0.3) is 0 Å². The van der Waals surface area contributed by atoms with Crippen molar-refractivity contribution < 1.29 is 19.1 Å². The number of carbonyl (C=O) groups excluding carboxylic acids is 2. The molecule has 3 rings (SSSR count). The lowest BCUT2D eigenvalue weighted by atomic mass is 10.1. The van der Waals surface area contributed by atoms with Crippen molar-refractivity contribution in [3.8, 4) is 11.5 Å². The molecule has 1 aliphatic heterocycles. The zero-order valence-corrected chi connectivity index (χ0v) is 14.9. The van der Waals surface area contributed by atoms with Crippen molar-refractivity contribution in [2.75, 3.05) is 26.1 Å². The number of nitrogens with one attached hydrogen (secondary N) is 1. The van der Waals surface area contributed by atoms with Gasteiger partial charge in [-0.1, -0.05) is 30.3 Å². The van der Waals surface area contributed by atoms with Crippen molar-refractivity contribution in [3.63, 3.8) is 0 Å². The molecule has 0 saturated carbocycles. The van der Waals surface area contributed by atoms with E-state index in [1.807, 2.05) is 30.3 Å². The second kappa shape index (κ2) is 7.91. The third kappa shape index (κ3) is 4.14. The van der Waals surface area contributed by atoms with Gasteiger partial charge < -0.3 is 19.7 Å². The molecule has 1 atom stereocenters. The summed E-state index contributed by atoms with van der Waals surface area (Å²) >= 11 is 0. The molecule has 2 aromatic rings. The van der Waals surface area contributed by atoms with Crippen LogP contribution in [-0.4, -0.2) is 37.5 Å². The van der Waals surface area contributed by atoms with Gasteiger partial charge in [0, 0.05) is 43.4 Å². The van der Waals surface area contributed by atoms with Gasteiger partial charge in [0.05, 0.1) is 20.1 Å². The van der Waals surface area contributed by atoms with E-state index >= 15 is 0 Å².